The molecule has 1 fully saturated rings. The van der Waals surface area contributed by atoms with Gasteiger partial charge in [0.2, 0.25) is 5.91 Å². The number of furan rings is 1. The predicted molar refractivity (Wildman–Crippen MR) is 120 cm³/mol. The molecule has 31 heavy (non-hydrogen) atoms. The number of amides is 1. The van der Waals surface area contributed by atoms with Crippen LogP contribution in [0.5, 0.6) is 0 Å². The Morgan fingerprint density at radius 3 is 2.71 bits per heavy atom. The number of hydrogen-bond acceptors (Lipinski definition) is 5. The van der Waals surface area contributed by atoms with Gasteiger partial charge in [0.25, 0.3) is 5.56 Å². The molecule has 1 aromatic carbocycles. The molecule has 3 heterocycles. The molecule has 1 aliphatic heterocycles. The zero-order valence-electron chi connectivity index (χ0n) is 17.0. The molecule has 162 valence electrons. The summed E-state index contributed by atoms with van der Waals surface area (Å²) in [5.74, 6) is 0.638. The van der Waals surface area contributed by atoms with Gasteiger partial charge in [-0.25, -0.2) is 0 Å². The van der Waals surface area contributed by atoms with Crippen molar-refractivity contribution in [2.24, 2.45) is 5.92 Å². The van der Waals surface area contributed by atoms with Crippen LogP contribution in [0.15, 0.2) is 52.0 Å². The van der Waals surface area contributed by atoms with Gasteiger partial charge in [-0.15, -0.1) is 0 Å². The molecule has 1 amide bonds. The molecular weight excluding hydrogens is 439 g/mol. The van der Waals surface area contributed by atoms with Crippen LogP contribution in [-0.4, -0.2) is 28.8 Å². The third kappa shape index (κ3) is 4.62. The van der Waals surface area contributed by atoms with E-state index in [2.05, 4.69) is 10.4 Å². The van der Waals surface area contributed by atoms with E-state index in [1.54, 1.807) is 30.7 Å². The lowest BCUT2D eigenvalue weighted by atomic mass is 9.95. The largest absolute Gasteiger partial charge is 0.467 e. The van der Waals surface area contributed by atoms with E-state index in [-0.39, 0.29) is 16.8 Å². The number of anilines is 1. The van der Waals surface area contributed by atoms with Gasteiger partial charge in [0.15, 0.2) is 0 Å². The summed E-state index contributed by atoms with van der Waals surface area (Å²) in [5, 5.41) is 7.87. The first kappa shape index (κ1) is 21.5. The van der Waals surface area contributed by atoms with Gasteiger partial charge < -0.3 is 14.6 Å². The lowest BCUT2D eigenvalue weighted by Crippen LogP contribution is -2.41. The van der Waals surface area contributed by atoms with E-state index >= 15 is 0 Å². The van der Waals surface area contributed by atoms with E-state index in [0.29, 0.717) is 48.9 Å². The average molecular weight is 461 g/mol. The van der Waals surface area contributed by atoms with Crippen molar-refractivity contribution in [2.75, 3.05) is 18.0 Å². The van der Waals surface area contributed by atoms with Crippen molar-refractivity contribution in [3.8, 4) is 5.69 Å². The van der Waals surface area contributed by atoms with E-state index in [1.165, 1.54) is 4.68 Å². The normalized spacial score (nSPS) is 14.6. The van der Waals surface area contributed by atoms with Crippen molar-refractivity contribution in [1.29, 1.82) is 0 Å². The summed E-state index contributed by atoms with van der Waals surface area (Å²) < 4.78 is 6.48. The topological polar surface area (TPSA) is 80.4 Å². The highest BCUT2D eigenvalue weighted by molar-refractivity contribution is 6.33. The molecular formula is C22H22Cl2N4O3. The number of hydrogen-bond donors (Lipinski definition) is 1. The molecule has 7 nitrogen and oxygen atoms in total. The quantitative estimate of drug-likeness (QED) is 0.622. The Balaban J connectivity index is 1.42. The van der Waals surface area contributed by atoms with E-state index in [4.69, 9.17) is 27.6 Å². The minimum atomic E-state index is -0.405. The summed E-state index contributed by atoms with van der Waals surface area (Å²) in [6, 6.07) is 8.91. The SMILES string of the molecule is Cc1ccc(-n2ncc(N3CCC(C(=O)NCc4ccco4)CC3)c(Cl)c2=O)cc1Cl. The van der Waals surface area contributed by atoms with Crippen molar-refractivity contribution < 1.29 is 9.21 Å². The van der Waals surface area contributed by atoms with Gasteiger partial charge in [0.1, 0.15) is 10.8 Å². The molecule has 1 aliphatic rings. The second kappa shape index (κ2) is 9.16. The van der Waals surface area contributed by atoms with Crippen LogP contribution in [0.25, 0.3) is 5.69 Å². The molecule has 1 saturated heterocycles. The summed E-state index contributed by atoms with van der Waals surface area (Å²) in [5.41, 5.74) is 1.64. The molecule has 0 atom stereocenters. The Labute approximate surface area is 189 Å². The van der Waals surface area contributed by atoms with Crippen LogP contribution in [0.1, 0.15) is 24.2 Å². The molecule has 0 saturated carbocycles. The minimum absolute atomic E-state index is 0.00643. The molecule has 4 rings (SSSR count). The Kier molecular flexibility index (Phi) is 6.34. The molecule has 3 aromatic rings. The fourth-order valence-electron chi connectivity index (χ4n) is 3.66. The van der Waals surface area contributed by atoms with Gasteiger partial charge in [-0.2, -0.15) is 9.78 Å². The molecule has 9 heteroatoms. The number of rotatable bonds is 5. The predicted octanol–water partition coefficient (Wildman–Crippen LogP) is 3.97. The van der Waals surface area contributed by atoms with Crippen molar-refractivity contribution in [2.45, 2.75) is 26.3 Å². The Bertz CT molecular complexity index is 1140. The molecule has 0 aliphatic carbocycles. The maximum absolute atomic E-state index is 12.8. The highest BCUT2D eigenvalue weighted by atomic mass is 35.5. The van der Waals surface area contributed by atoms with E-state index in [1.807, 2.05) is 24.0 Å². The van der Waals surface area contributed by atoms with Crippen molar-refractivity contribution >= 4 is 34.8 Å². The summed E-state index contributed by atoms with van der Waals surface area (Å²) in [6.07, 6.45) is 4.50. The molecule has 0 radical (unpaired) electrons. The highest BCUT2D eigenvalue weighted by Crippen LogP contribution is 2.28. The van der Waals surface area contributed by atoms with Crippen molar-refractivity contribution in [3.05, 3.63) is 74.5 Å². The zero-order chi connectivity index (χ0) is 22.0. The number of benzene rings is 1. The number of aromatic nitrogens is 2. The highest BCUT2D eigenvalue weighted by Gasteiger charge is 2.27. The van der Waals surface area contributed by atoms with Crippen LogP contribution in [0, 0.1) is 12.8 Å². The van der Waals surface area contributed by atoms with E-state index in [9.17, 15) is 9.59 Å². The van der Waals surface area contributed by atoms with Crippen molar-refractivity contribution in [3.63, 3.8) is 0 Å². The number of nitrogens with zero attached hydrogens (tertiary/aromatic N) is 3. The van der Waals surface area contributed by atoms with Gasteiger partial charge in [0, 0.05) is 24.0 Å². The lowest BCUT2D eigenvalue weighted by molar-refractivity contribution is -0.125. The van der Waals surface area contributed by atoms with Crippen LogP contribution in [0.4, 0.5) is 5.69 Å². The zero-order valence-corrected chi connectivity index (χ0v) is 18.5. The van der Waals surface area contributed by atoms with Gasteiger partial charge in [-0.05, 0) is 49.6 Å². The smallest absolute Gasteiger partial charge is 0.292 e. The molecule has 2 aromatic heterocycles. The Morgan fingerprint density at radius 2 is 2.03 bits per heavy atom. The summed E-state index contributed by atoms with van der Waals surface area (Å²) in [7, 11) is 0. The Hall–Kier alpha value is -2.77. The Morgan fingerprint density at radius 1 is 1.26 bits per heavy atom. The number of aryl methyl sites for hydroxylation is 1. The summed E-state index contributed by atoms with van der Waals surface area (Å²) in [4.78, 5) is 27.3. The first-order valence-electron chi connectivity index (χ1n) is 10.0. The molecule has 0 unspecified atom stereocenters. The van der Waals surface area contributed by atoms with E-state index in [0.717, 1.165) is 11.3 Å². The molecule has 0 spiro atoms. The third-order valence-corrected chi connectivity index (χ3v) is 6.29. The van der Waals surface area contributed by atoms with Gasteiger partial charge in [0.05, 0.1) is 30.4 Å². The summed E-state index contributed by atoms with van der Waals surface area (Å²) >= 11 is 12.6. The number of piperidine rings is 1. The first-order valence-corrected chi connectivity index (χ1v) is 10.8. The number of nitrogens with one attached hydrogen (secondary N) is 1. The number of halogens is 2. The van der Waals surface area contributed by atoms with Gasteiger partial charge in [-0.3, -0.25) is 9.59 Å². The third-order valence-electron chi connectivity index (χ3n) is 5.52. The first-order chi connectivity index (χ1) is 14.9. The van der Waals surface area contributed by atoms with E-state index < -0.39 is 5.56 Å². The number of carbonyl (C=O) groups excluding carboxylic acids is 1. The average Bonchev–Trinajstić information content (AvgIpc) is 3.30. The van der Waals surface area contributed by atoms with Crippen LogP contribution < -0.4 is 15.8 Å². The van der Waals surface area contributed by atoms with Gasteiger partial charge in [-0.1, -0.05) is 29.3 Å². The molecule has 0 bridgehead atoms. The van der Waals surface area contributed by atoms with Crippen LogP contribution >= 0.6 is 23.2 Å². The second-order valence-corrected chi connectivity index (χ2v) is 8.34. The maximum atomic E-state index is 12.8. The van der Waals surface area contributed by atoms with Crippen LogP contribution in [0.3, 0.4) is 0 Å². The van der Waals surface area contributed by atoms with Crippen molar-refractivity contribution in [1.82, 2.24) is 15.1 Å². The second-order valence-electron chi connectivity index (χ2n) is 7.55. The maximum Gasteiger partial charge on any atom is 0.292 e. The molecule has 1 N–H and O–H groups in total. The summed E-state index contributed by atoms with van der Waals surface area (Å²) in [6.45, 7) is 3.49. The van der Waals surface area contributed by atoms with Crippen LogP contribution in [-0.2, 0) is 11.3 Å². The monoisotopic (exact) mass is 460 g/mol. The fraction of sp³-hybridized carbons (Fsp3) is 0.318. The van der Waals surface area contributed by atoms with Gasteiger partial charge >= 0.3 is 0 Å². The fourth-order valence-corrected chi connectivity index (χ4v) is 4.08. The van der Waals surface area contributed by atoms with Crippen LogP contribution in [0.2, 0.25) is 10.0 Å². The lowest BCUT2D eigenvalue weighted by Gasteiger charge is -2.33. The standard InChI is InChI=1S/C22H22Cl2N4O3/c1-14-4-5-16(11-18(14)23)28-22(30)20(24)19(13-26-28)27-8-6-15(7-9-27)21(29)25-12-17-3-2-10-31-17/h2-5,10-11,13,15H,6-9,12H2,1H3,(H,25,29). The minimum Gasteiger partial charge on any atom is -0.467 e. The number of carbonyl (C=O) groups is 1.